The molecule has 2 aromatic rings. The van der Waals surface area contributed by atoms with Gasteiger partial charge in [-0.05, 0) is 24.1 Å². The van der Waals surface area contributed by atoms with Crippen LogP contribution in [-0.4, -0.2) is 25.1 Å². The zero-order chi connectivity index (χ0) is 16.2. The van der Waals surface area contributed by atoms with Gasteiger partial charge in [-0.25, -0.2) is 13.4 Å². The van der Waals surface area contributed by atoms with E-state index in [0.717, 1.165) is 6.42 Å². The first-order chi connectivity index (χ1) is 10.5. The van der Waals surface area contributed by atoms with Crippen molar-refractivity contribution >= 4 is 9.84 Å². The number of aryl methyl sites for hydroxylation is 1. The van der Waals surface area contributed by atoms with Crippen molar-refractivity contribution in [1.82, 2.24) is 9.55 Å². The van der Waals surface area contributed by atoms with Crippen LogP contribution in [0.2, 0.25) is 0 Å². The Balaban J connectivity index is 2.34. The Hall–Kier alpha value is -2.15. The number of rotatable bonds is 6. The number of ether oxygens (including phenoxy) is 1. The van der Waals surface area contributed by atoms with Crippen LogP contribution >= 0.6 is 0 Å². The monoisotopic (exact) mass is 322 g/mol. The third-order valence-electron chi connectivity index (χ3n) is 3.16. The molecule has 1 aromatic heterocycles. The van der Waals surface area contributed by atoms with E-state index in [9.17, 15) is 13.2 Å². The van der Waals surface area contributed by atoms with Crippen LogP contribution in [0.4, 0.5) is 0 Å². The van der Waals surface area contributed by atoms with Gasteiger partial charge < -0.3 is 9.30 Å². The lowest BCUT2D eigenvalue weighted by atomic mass is 10.2. The molecule has 6 nitrogen and oxygen atoms in total. The molecule has 0 spiro atoms. The molecule has 0 aliphatic rings. The molecule has 0 saturated carbocycles. The summed E-state index contributed by atoms with van der Waals surface area (Å²) in [6.07, 6.45) is 3.58. The van der Waals surface area contributed by atoms with Crippen molar-refractivity contribution in [2.75, 3.05) is 7.11 Å². The van der Waals surface area contributed by atoms with Crippen molar-refractivity contribution in [2.45, 2.75) is 30.7 Å². The molecule has 1 heterocycles. The van der Waals surface area contributed by atoms with Gasteiger partial charge in [0, 0.05) is 18.9 Å². The van der Waals surface area contributed by atoms with Crippen LogP contribution in [0.3, 0.4) is 0 Å². The molecule has 0 aliphatic heterocycles. The molecule has 0 fully saturated rings. The molecule has 0 bridgehead atoms. The molecule has 22 heavy (non-hydrogen) atoms. The molecule has 1 aromatic carbocycles. The topological polar surface area (TPSA) is 78.3 Å². The molecule has 0 N–H and O–H groups in total. The van der Waals surface area contributed by atoms with Gasteiger partial charge in [0.25, 0.3) is 5.56 Å². The Morgan fingerprint density at radius 2 is 1.91 bits per heavy atom. The minimum absolute atomic E-state index is 0.268. The summed E-state index contributed by atoms with van der Waals surface area (Å²) in [6, 6.07) is 6.67. The standard InChI is InChI=1S/C15H18N2O4S/c1-3-9-17-10-8-16-14(15(17)18)22(19,20)11-12-4-6-13(21-2)7-5-12/h4-8,10H,3,9,11H2,1-2H3. The van der Waals surface area contributed by atoms with E-state index in [0.29, 0.717) is 17.9 Å². The Morgan fingerprint density at radius 1 is 1.23 bits per heavy atom. The minimum atomic E-state index is -3.79. The zero-order valence-electron chi connectivity index (χ0n) is 12.5. The SMILES string of the molecule is CCCn1ccnc(S(=O)(=O)Cc2ccc(OC)cc2)c1=O. The quantitative estimate of drug-likeness (QED) is 0.808. The Labute approximate surface area is 129 Å². The first kappa shape index (κ1) is 16.2. The van der Waals surface area contributed by atoms with Gasteiger partial charge in [0.1, 0.15) is 5.75 Å². The van der Waals surface area contributed by atoms with Crippen LogP contribution in [0.25, 0.3) is 0 Å². The van der Waals surface area contributed by atoms with Crippen LogP contribution in [0.1, 0.15) is 18.9 Å². The molecule has 0 aliphatic carbocycles. The van der Waals surface area contributed by atoms with Crippen LogP contribution < -0.4 is 10.3 Å². The lowest BCUT2D eigenvalue weighted by Gasteiger charge is -2.07. The van der Waals surface area contributed by atoms with Crippen LogP contribution in [0.15, 0.2) is 46.5 Å². The Kier molecular flexibility index (Phi) is 4.97. The fourth-order valence-electron chi connectivity index (χ4n) is 2.07. The number of benzene rings is 1. The van der Waals surface area contributed by atoms with E-state index >= 15 is 0 Å². The highest BCUT2D eigenvalue weighted by atomic mass is 32.2. The highest BCUT2D eigenvalue weighted by Gasteiger charge is 2.22. The number of nitrogens with zero attached hydrogens (tertiary/aromatic N) is 2. The van der Waals surface area contributed by atoms with Crippen molar-refractivity contribution in [3.05, 3.63) is 52.6 Å². The van der Waals surface area contributed by atoms with E-state index in [2.05, 4.69) is 4.98 Å². The second kappa shape index (κ2) is 6.74. The molecule has 0 atom stereocenters. The van der Waals surface area contributed by atoms with Crippen LogP contribution in [0, 0.1) is 0 Å². The number of aromatic nitrogens is 2. The van der Waals surface area contributed by atoms with Crippen LogP contribution in [-0.2, 0) is 22.1 Å². The lowest BCUT2D eigenvalue weighted by molar-refractivity contribution is 0.414. The van der Waals surface area contributed by atoms with Gasteiger partial charge in [-0.2, -0.15) is 0 Å². The number of methoxy groups -OCH3 is 1. The van der Waals surface area contributed by atoms with Gasteiger partial charge in [-0.15, -0.1) is 0 Å². The van der Waals surface area contributed by atoms with Crippen molar-refractivity contribution in [1.29, 1.82) is 0 Å². The van der Waals surface area contributed by atoms with Gasteiger partial charge in [-0.3, -0.25) is 4.79 Å². The maximum atomic E-state index is 12.4. The van der Waals surface area contributed by atoms with E-state index in [-0.39, 0.29) is 5.75 Å². The predicted octanol–water partition coefficient (Wildman–Crippen LogP) is 1.64. The van der Waals surface area contributed by atoms with E-state index in [1.165, 1.54) is 24.1 Å². The maximum absolute atomic E-state index is 12.4. The van der Waals surface area contributed by atoms with Crippen LogP contribution in [0.5, 0.6) is 5.75 Å². The highest BCUT2D eigenvalue weighted by molar-refractivity contribution is 7.90. The average molecular weight is 322 g/mol. The summed E-state index contributed by atoms with van der Waals surface area (Å²) >= 11 is 0. The fourth-order valence-corrected chi connectivity index (χ4v) is 3.44. The summed E-state index contributed by atoms with van der Waals surface area (Å²) in [4.78, 5) is 16.0. The first-order valence-corrected chi connectivity index (χ1v) is 8.54. The summed E-state index contributed by atoms with van der Waals surface area (Å²) in [5.74, 6) is 0.374. The number of sulfone groups is 1. The number of hydrogen-bond donors (Lipinski definition) is 0. The van der Waals surface area contributed by atoms with Gasteiger partial charge in [0.15, 0.2) is 0 Å². The molecular formula is C15H18N2O4S. The van der Waals surface area contributed by atoms with Crippen molar-refractivity contribution in [3.63, 3.8) is 0 Å². The third kappa shape index (κ3) is 3.54. The largest absolute Gasteiger partial charge is 0.497 e. The van der Waals surface area contributed by atoms with E-state index in [1.807, 2.05) is 6.92 Å². The van der Waals surface area contributed by atoms with E-state index in [1.54, 1.807) is 24.3 Å². The predicted molar refractivity (Wildman–Crippen MR) is 82.7 cm³/mol. The highest BCUT2D eigenvalue weighted by Crippen LogP contribution is 2.15. The molecule has 0 amide bonds. The summed E-state index contributed by atoms with van der Waals surface area (Å²) < 4.78 is 31.3. The summed E-state index contributed by atoms with van der Waals surface area (Å²) in [5, 5.41) is -0.403. The fraction of sp³-hybridized carbons (Fsp3) is 0.333. The average Bonchev–Trinajstić information content (AvgIpc) is 2.50. The normalized spacial score (nSPS) is 11.4. The summed E-state index contributed by atoms with van der Waals surface area (Å²) in [6.45, 7) is 2.38. The molecular weight excluding hydrogens is 304 g/mol. The van der Waals surface area contributed by atoms with Gasteiger partial charge in [0.05, 0.1) is 12.9 Å². The molecule has 7 heteroatoms. The molecule has 0 unspecified atom stereocenters. The molecule has 0 saturated heterocycles. The number of hydrogen-bond acceptors (Lipinski definition) is 5. The van der Waals surface area contributed by atoms with Gasteiger partial charge >= 0.3 is 0 Å². The smallest absolute Gasteiger partial charge is 0.288 e. The van der Waals surface area contributed by atoms with Crippen molar-refractivity contribution < 1.29 is 13.2 Å². The minimum Gasteiger partial charge on any atom is -0.497 e. The molecule has 118 valence electrons. The Morgan fingerprint density at radius 3 is 2.50 bits per heavy atom. The van der Waals surface area contributed by atoms with E-state index < -0.39 is 20.4 Å². The second-order valence-electron chi connectivity index (χ2n) is 4.84. The van der Waals surface area contributed by atoms with Gasteiger partial charge in [-0.1, -0.05) is 19.1 Å². The second-order valence-corrected chi connectivity index (χ2v) is 6.74. The Bertz CT molecular complexity index is 795. The lowest BCUT2D eigenvalue weighted by Crippen LogP contribution is -2.27. The van der Waals surface area contributed by atoms with Gasteiger partial charge in [0.2, 0.25) is 14.9 Å². The van der Waals surface area contributed by atoms with E-state index in [4.69, 9.17) is 4.74 Å². The first-order valence-electron chi connectivity index (χ1n) is 6.89. The summed E-state index contributed by atoms with van der Waals surface area (Å²) in [5.41, 5.74) is 0.00533. The molecule has 2 rings (SSSR count). The van der Waals surface area contributed by atoms with Crippen molar-refractivity contribution in [3.8, 4) is 5.75 Å². The molecule has 0 radical (unpaired) electrons. The maximum Gasteiger partial charge on any atom is 0.288 e. The zero-order valence-corrected chi connectivity index (χ0v) is 13.3. The summed E-state index contributed by atoms with van der Waals surface area (Å²) in [7, 11) is -2.25. The van der Waals surface area contributed by atoms with Crippen molar-refractivity contribution in [2.24, 2.45) is 0 Å². The third-order valence-corrected chi connectivity index (χ3v) is 4.74.